The van der Waals surface area contributed by atoms with Crippen LogP contribution in [0.3, 0.4) is 0 Å². The highest BCUT2D eigenvalue weighted by Crippen LogP contribution is 2.66. The summed E-state index contributed by atoms with van der Waals surface area (Å²) in [5.41, 5.74) is 0. The maximum absolute atomic E-state index is 2.58. The fourth-order valence-corrected chi connectivity index (χ4v) is 6.23. The molecule has 2 rings (SSSR count). The van der Waals surface area contributed by atoms with E-state index in [1.165, 1.54) is 0 Å². The van der Waals surface area contributed by atoms with Gasteiger partial charge in [0.25, 0.3) is 0 Å². The van der Waals surface area contributed by atoms with E-state index in [4.69, 9.17) is 0 Å². The van der Waals surface area contributed by atoms with Crippen molar-refractivity contribution in [3.63, 3.8) is 0 Å². The Balaban J connectivity index is 2.16. The van der Waals surface area contributed by atoms with Crippen molar-refractivity contribution in [1.29, 1.82) is 0 Å². The van der Waals surface area contributed by atoms with Gasteiger partial charge in [0, 0.05) is 0 Å². The molecule has 2 aliphatic carbocycles. The van der Waals surface area contributed by atoms with Gasteiger partial charge >= 0.3 is 0 Å². The normalized spacial score (nSPS) is 39.1. The van der Waals surface area contributed by atoms with Crippen molar-refractivity contribution >= 4 is 10.0 Å². The van der Waals surface area contributed by atoms with Gasteiger partial charge in [0.1, 0.15) is 0 Å². The number of hydrogen-bond donors (Lipinski definition) is 0. The largest absolute Gasteiger partial charge is 0.239 e. The van der Waals surface area contributed by atoms with Gasteiger partial charge in [-0.25, -0.2) is 10.0 Å². The summed E-state index contributed by atoms with van der Waals surface area (Å²) in [5.74, 6) is 2.21. The molecule has 0 heterocycles. The van der Waals surface area contributed by atoms with Gasteiger partial charge in [-0.2, -0.15) is 0 Å². The Hall–Kier alpha value is 0.350. The van der Waals surface area contributed by atoms with Gasteiger partial charge in [0.15, 0.2) is 0 Å². The van der Waals surface area contributed by atoms with Gasteiger partial charge in [-0.15, -0.1) is 0 Å². The second-order valence-corrected chi connectivity index (χ2v) is 11.4. The highest BCUT2D eigenvalue weighted by Gasteiger charge is 2.47. The number of fused-ring (bicyclic) bond motifs is 2. The van der Waals surface area contributed by atoms with Crippen LogP contribution >= 0.6 is 10.0 Å². The summed E-state index contributed by atoms with van der Waals surface area (Å²) >= 11 is 0. The molecule has 3 atom stereocenters. The molecule has 2 fully saturated rings. The zero-order chi connectivity index (χ0) is 10.6. The Kier molecular flexibility index (Phi) is 2.46. The van der Waals surface area contributed by atoms with E-state index < -0.39 is 10.0 Å². The molecule has 0 aromatic heterocycles. The zero-order valence-electron chi connectivity index (χ0n) is 10.5. The number of hydrogen-bond acceptors (Lipinski definition) is 0. The van der Waals surface area contributed by atoms with E-state index in [9.17, 15) is 0 Å². The van der Waals surface area contributed by atoms with Gasteiger partial charge in [-0.1, -0.05) is 27.2 Å². The molecule has 3 unspecified atom stereocenters. The summed E-state index contributed by atoms with van der Waals surface area (Å²) in [6.07, 6.45) is 11.4. The highest BCUT2D eigenvalue weighted by atomic mass is 32.3. The first-order chi connectivity index (χ1) is 6.32. The molecule has 2 saturated carbocycles. The van der Waals surface area contributed by atoms with Gasteiger partial charge in [-0.05, 0) is 53.6 Å². The third-order valence-electron chi connectivity index (χ3n) is 5.01. The quantitative estimate of drug-likeness (QED) is 0.618. The molecule has 1 heteroatoms. The Bertz CT molecular complexity index is 224. The minimum absolute atomic E-state index is 0.407. The molecule has 0 aromatic carbocycles. The Morgan fingerprint density at radius 3 is 2.00 bits per heavy atom. The van der Waals surface area contributed by atoms with Crippen LogP contribution in [0.25, 0.3) is 0 Å². The van der Waals surface area contributed by atoms with Crippen molar-refractivity contribution in [2.24, 2.45) is 11.8 Å². The third-order valence-corrected chi connectivity index (χ3v) is 10.3. The fraction of sp³-hybridized carbons (Fsp3) is 1.00. The SMILES string of the molecule is CC(C)(C)S(C)(C)C1CC2CCC1C2. The topological polar surface area (TPSA) is 0 Å². The van der Waals surface area contributed by atoms with E-state index in [0.29, 0.717) is 4.75 Å². The second kappa shape index (κ2) is 3.17. The molecule has 2 aliphatic rings. The molecule has 84 valence electrons. The van der Waals surface area contributed by atoms with Crippen molar-refractivity contribution in [1.82, 2.24) is 0 Å². The van der Waals surface area contributed by atoms with Crippen LogP contribution in [0.5, 0.6) is 0 Å². The maximum atomic E-state index is 2.58. The van der Waals surface area contributed by atoms with E-state index in [0.717, 1.165) is 17.1 Å². The number of rotatable bonds is 1. The van der Waals surface area contributed by atoms with Crippen molar-refractivity contribution in [2.75, 3.05) is 12.5 Å². The smallest absolute Gasteiger partial charge is 0.00811 e. The predicted octanol–water partition coefficient (Wildman–Crippen LogP) is 4.04. The standard InChI is InChI=1S/C13H26S/c1-13(2,3)14(4,5)12-9-10-6-7-11(12)8-10/h10-12H,6-9H2,1-5H3. The third kappa shape index (κ3) is 1.52. The van der Waals surface area contributed by atoms with Crippen LogP contribution in [-0.4, -0.2) is 22.5 Å². The average molecular weight is 214 g/mol. The van der Waals surface area contributed by atoms with Crippen LogP contribution in [0.4, 0.5) is 0 Å². The molecular weight excluding hydrogens is 188 g/mol. The molecule has 0 aromatic rings. The molecule has 0 amide bonds. The summed E-state index contributed by atoms with van der Waals surface area (Å²) in [6.45, 7) is 7.36. The van der Waals surface area contributed by atoms with Gasteiger partial charge in [-0.3, -0.25) is 0 Å². The monoisotopic (exact) mass is 214 g/mol. The lowest BCUT2D eigenvalue weighted by Crippen LogP contribution is -2.35. The molecule has 0 spiro atoms. The maximum Gasteiger partial charge on any atom is -0.00811 e. The lowest BCUT2D eigenvalue weighted by atomic mass is 10.0. The molecule has 0 nitrogen and oxygen atoms in total. The molecule has 14 heavy (non-hydrogen) atoms. The van der Waals surface area contributed by atoms with Gasteiger partial charge in [0.2, 0.25) is 0 Å². The Morgan fingerprint density at radius 2 is 1.64 bits per heavy atom. The first kappa shape index (κ1) is 10.9. The van der Waals surface area contributed by atoms with Crippen molar-refractivity contribution in [3.8, 4) is 0 Å². The minimum atomic E-state index is -0.407. The molecular formula is C13H26S. The van der Waals surface area contributed by atoms with Gasteiger partial charge < -0.3 is 0 Å². The summed E-state index contributed by atoms with van der Waals surface area (Å²) in [4.78, 5) is 0. The van der Waals surface area contributed by atoms with Crippen LogP contribution in [0.1, 0.15) is 46.5 Å². The lowest BCUT2D eigenvalue weighted by molar-refractivity contribution is 0.484. The first-order valence-electron chi connectivity index (χ1n) is 6.04. The Morgan fingerprint density at radius 1 is 1.00 bits per heavy atom. The minimum Gasteiger partial charge on any atom is -0.239 e. The lowest BCUT2D eigenvalue weighted by Gasteiger charge is -2.52. The summed E-state index contributed by atoms with van der Waals surface area (Å²) in [5, 5.41) is 1.08. The average Bonchev–Trinajstić information content (AvgIpc) is 2.61. The van der Waals surface area contributed by atoms with Crippen LogP contribution in [0, 0.1) is 11.8 Å². The van der Waals surface area contributed by atoms with Gasteiger partial charge in [0.05, 0.1) is 0 Å². The second-order valence-electron chi connectivity index (χ2n) is 6.73. The molecule has 0 radical (unpaired) electrons. The van der Waals surface area contributed by atoms with Crippen molar-refractivity contribution in [3.05, 3.63) is 0 Å². The van der Waals surface area contributed by atoms with Crippen LogP contribution < -0.4 is 0 Å². The highest BCUT2D eigenvalue weighted by molar-refractivity contribution is 8.34. The fourth-order valence-electron chi connectivity index (χ4n) is 3.36. The van der Waals surface area contributed by atoms with E-state index in [-0.39, 0.29) is 0 Å². The molecule has 0 N–H and O–H groups in total. The van der Waals surface area contributed by atoms with E-state index >= 15 is 0 Å². The Labute approximate surface area is 91.2 Å². The molecule has 0 aliphatic heterocycles. The van der Waals surface area contributed by atoms with Crippen LogP contribution in [0.15, 0.2) is 0 Å². The zero-order valence-corrected chi connectivity index (χ0v) is 11.3. The van der Waals surface area contributed by atoms with Crippen LogP contribution in [-0.2, 0) is 0 Å². The summed E-state index contributed by atoms with van der Waals surface area (Å²) in [7, 11) is -0.407. The van der Waals surface area contributed by atoms with Crippen molar-refractivity contribution < 1.29 is 0 Å². The summed E-state index contributed by atoms with van der Waals surface area (Å²) < 4.78 is 0.544. The molecule has 2 bridgehead atoms. The van der Waals surface area contributed by atoms with Crippen molar-refractivity contribution in [2.45, 2.75) is 56.5 Å². The van der Waals surface area contributed by atoms with E-state index in [1.54, 1.807) is 25.7 Å². The summed E-state index contributed by atoms with van der Waals surface area (Å²) in [6, 6.07) is 0. The van der Waals surface area contributed by atoms with E-state index in [1.807, 2.05) is 0 Å². The first-order valence-corrected chi connectivity index (χ1v) is 8.55. The van der Waals surface area contributed by atoms with E-state index in [2.05, 4.69) is 33.3 Å². The molecule has 0 saturated heterocycles. The van der Waals surface area contributed by atoms with Crippen LogP contribution in [0.2, 0.25) is 0 Å². The predicted molar refractivity (Wildman–Crippen MR) is 68.4 cm³/mol.